The Hall–Kier alpha value is -3.15. The highest BCUT2D eigenvalue weighted by Crippen LogP contribution is 2.33. The molecule has 3 aromatic rings. The Kier molecular flexibility index (Phi) is 5.31. The van der Waals surface area contributed by atoms with Gasteiger partial charge in [-0.1, -0.05) is 50.2 Å². The molecular formula is C20H22N4O2. The summed E-state index contributed by atoms with van der Waals surface area (Å²) in [7, 11) is 0. The third-order valence-corrected chi connectivity index (χ3v) is 4.36. The molecule has 0 aliphatic heterocycles. The van der Waals surface area contributed by atoms with Gasteiger partial charge in [-0.15, -0.1) is 0 Å². The first kappa shape index (κ1) is 17.7. The molecule has 6 heteroatoms. The van der Waals surface area contributed by atoms with Gasteiger partial charge in [-0.3, -0.25) is 10.1 Å². The lowest BCUT2D eigenvalue weighted by Crippen LogP contribution is -2.15. The van der Waals surface area contributed by atoms with E-state index < -0.39 is 0 Å². The zero-order valence-corrected chi connectivity index (χ0v) is 14.9. The van der Waals surface area contributed by atoms with Crippen molar-refractivity contribution in [1.29, 1.82) is 0 Å². The molecule has 6 nitrogen and oxygen atoms in total. The Balaban J connectivity index is 1.90. The number of anilines is 1. The Morgan fingerprint density at radius 3 is 2.58 bits per heavy atom. The van der Waals surface area contributed by atoms with E-state index in [1.54, 1.807) is 24.7 Å². The van der Waals surface area contributed by atoms with Crippen molar-refractivity contribution in [3.63, 3.8) is 0 Å². The second-order valence-corrected chi connectivity index (χ2v) is 6.57. The van der Waals surface area contributed by atoms with Gasteiger partial charge in [0.25, 0.3) is 5.69 Å². The normalized spacial score (nSPS) is 12.1. The first-order chi connectivity index (χ1) is 12.6. The van der Waals surface area contributed by atoms with Crippen LogP contribution in [0.2, 0.25) is 0 Å². The molecule has 0 saturated carbocycles. The van der Waals surface area contributed by atoms with Crippen LogP contribution >= 0.6 is 0 Å². The molecule has 1 unspecified atom stereocenters. The van der Waals surface area contributed by atoms with E-state index in [2.05, 4.69) is 24.1 Å². The van der Waals surface area contributed by atoms with Crippen LogP contribution in [0.1, 0.15) is 31.0 Å². The molecule has 1 atom stereocenters. The number of nitrogens with one attached hydrogen (secondary N) is 1. The second-order valence-electron chi connectivity index (χ2n) is 6.57. The van der Waals surface area contributed by atoms with Crippen molar-refractivity contribution < 1.29 is 4.92 Å². The minimum Gasteiger partial charge on any atom is -0.375 e. The fraction of sp³-hybridized carbons (Fsp3) is 0.250. The van der Waals surface area contributed by atoms with Crippen LogP contribution < -0.4 is 5.32 Å². The number of rotatable bonds is 7. The first-order valence-corrected chi connectivity index (χ1v) is 8.60. The maximum Gasteiger partial charge on any atom is 0.292 e. The number of imidazole rings is 1. The topological polar surface area (TPSA) is 73.0 Å². The number of hydrogen-bond acceptors (Lipinski definition) is 4. The molecule has 0 radical (unpaired) electrons. The van der Waals surface area contributed by atoms with Gasteiger partial charge in [0.1, 0.15) is 5.69 Å². The molecule has 0 amide bonds. The van der Waals surface area contributed by atoms with Crippen molar-refractivity contribution in [2.45, 2.75) is 26.4 Å². The van der Waals surface area contributed by atoms with Crippen LogP contribution in [-0.2, 0) is 6.54 Å². The van der Waals surface area contributed by atoms with Crippen LogP contribution in [0.4, 0.5) is 11.4 Å². The summed E-state index contributed by atoms with van der Waals surface area (Å²) in [6, 6.07) is 15.2. The molecule has 0 bridgehead atoms. The van der Waals surface area contributed by atoms with E-state index >= 15 is 0 Å². The summed E-state index contributed by atoms with van der Waals surface area (Å²) in [6.45, 7) is 4.73. The molecule has 3 rings (SSSR count). The van der Waals surface area contributed by atoms with Gasteiger partial charge in [-0.2, -0.15) is 0 Å². The molecule has 1 heterocycles. The molecule has 0 aliphatic carbocycles. The highest BCUT2D eigenvalue weighted by Gasteiger charge is 2.22. The van der Waals surface area contributed by atoms with E-state index in [0.29, 0.717) is 12.2 Å². The summed E-state index contributed by atoms with van der Waals surface area (Å²) in [5.74, 6) is 0.270. The fourth-order valence-electron chi connectivity index (χ4n) is 3.16. The van der Waals surface area contributed by atoms with Crippen molar-refractivity contribution in [3.05, 3.63) is 88.5 Å². The minimum atomic E-state index is -0.331. The molecule has 0 fully saturated rings. The van der Waals surface area contributed by atoms with Gasteiger partial charge < -0.3 is 9.88 Å². The van der Waals surface area contributed by atoms with Crippen molar-refractivity contribution >= 4 is 11.4 Å². The number of benzene rings is 2. The zero-order chi connectivity index (χ0) is 18.5. The van der Waals surface area contributed by atoms with Crippen molar-refractivity contribution in [1.82, 2.24) is 9.55 Å². The quantitative estimate of drug-likeness (QED) is 0.497. The predicted octanol–water partition coefficient (Wildman–Crippen LogP) is 4.65. The van der Waals surface area contributed by atoms with Gasteiger partial charge in [0.05, 0.1) is 17.3 Å². The number of hydrogen-bond donors (Lipinski definition) is 1. The third kappa shape index (κ3) is 3.91. The smallest absolute Gasteiger partial charge is 0.292 e. The van der Waals surface area contributed by atoms with Gasteiger partial charge in [-0.25, -0.2) is 4.98 Å². The number of aromatic nitrogens is 2. The largest absolute Gasteiger partial charge is 0.375 e. The number of nitrogens with zero attached hydrogens (tertiary/aromatic N) is 3. The molecule has 134 valence electrons. The lowest BCUT2D eigenvalue weighted by atomic mass is 9.95. The van der Waals surface area contributed by atoms with Crippen molar-refractivity contribution in [3.8, 4) is 0 Å². The van der Waals surface area contributed by atoms with Crippen LogP contribution in [0, 0.1) is 16.0 Å². The van der Waals surface area contributed by atoms with E-state index in [9.17, 15) is 10.1 Å². The number of nitro benzene ring substituents is 1. The summed E-state index contributed by atoms with van der Waals surface area (Å²) in [5.41, 5.74) is 2.58. The zero-order valence-electron chi connectivity index (χ0n) is 14.9. The molecule has 26 heavy (non-hydrogen) atoms. The molecule has 1 N–H and O–H groups in total. The number of nitro groups is 1. The van der Waals surface area contributed by atoms with Crippen molar-refractivity contribution in [2.75, 3.05) is 5.32 Å². The van der Waals surface area contributed by atoms with E-state index in [1.807, 2.05) is 47.2 Å². The average molecular weight is 350 g/mol. The maximum absolute atomic E-state index is 11.6. The summed E-state index contributed by atoms with van der Waals surface area (Å²) >= 11 is 0. The Morgan fingerprint density at radius 2 is 1.96 bits per heavy atom. The summed E-state index contributed by atoms with van der Waals surface area (Å²) in [4.78, 5) is 15.4. The van der Waals surface area contributed by atoms with Gasteiger partial charge in [-0.05, 0) is 23.1 Å². The first-order valence-electron chi connectivity index (χ1n) is 8.60. The maximum atomic E-state index is 11.6. The Labute approximate surface area is 152 Å². The standard InChI is InChI=1S/C20H22N4O2/c1-15(2)20(23-11-10-21-14-23)17-8-9-18(19(12-17)24(25)26)22-13-16-6-4-3-5-7-16/h3-12,14-15,20,22H,13H2,1-2H3. The van der Waals surface area contributed by atoms with Crippen molar-refractivity contribution in [2.24, 2.45) is 5.92 Å². The fourth-order valence-corrected chi connectivity index (χ4v) is 3.16. The van der Waals surface area contributed by atoms with Gasteiger partial charge >= 0.3 is 0 Å². The van der Waals surface area contributed by atoms with E-state index in [0.717, 1.165) is 11.1 Å². The minimum absolute atomic E-state index is 0.000580. The Morgan fingerprint density at radius 1 is 1.19 bits per heavy atom. The van der Waals surface area contributed by atoms with Gasteiger partial charge in [0.15, 0.2) is 0 Å². The van der Waals surface area contributed by atoms with Crippen LogP contribution in [0.5, 0.6) is 0 Å². The molecule has 1 aromatic heterocycles. The van der Waals surface area contributed by atoms with Crippen LogP contribution in [-0.4, -0.2) is 14.5 Å². The van der Waals surface area contributed by atoms with E-state index in [4.69, 9.17) is 0 Å². The molecular weight excluding hydrogens is 328 g/mol. The lowest BCUT2D eigenvalue weighted by Gasteiger charge is -2.23. The molecule has 0 spiro atoms. The summed E-state index contributed by atoms with van der Waals surface area (Å²) in [5, 5.41) is 14.8. The van der Waals surface area contributed by atoms with E-state index in [-0.39, 0.29) is 22.6 Å². The van der Waals surface area contributed by atoms with Gasteiger partial charge in [0.2, 0.25) is 0 Å². The van der Waals surface area contributed by atoms with Gasteiger partial charge in [0, 0.05) is 25.0 Å². The van der Waals surface area contributed by atoms with Crippen LogP contribution in [0.25, 0.3) is 0 Å². The predicted molar refractivity (Wildman–Crippen MR) is 102 cm³/mol. The molecule has 2 aromatic carbocycles. The average Bonchev–Trinajstić information content (AvgIpc) is 3.15. The SMILES string of the molecule is CC(C)C(c1ccc(NCc2ccccc2)c([N+](=O)[O-])c1)n1ccnc1. The van der Waals surface area contributed by atoms with Crippen LogP contribution in [0.15, 0.2) is 67.3 Å². The highest BCUT2D eigenvalue weighted by molar-refractivity contribution is 5.63. The van der Waals surface area contributed by atoms with Crippen LogP contribution in [0.3, 0.4) is 0 Å². The Bertz CT molecular complexity index is 861. The summed E-state index contributed by atoms with van der Waals surface area (Å²) in [6.07, 6.45) is 5.36. The molecule has 0 saturated heterocycles. The third-order valence-electron chi connectivity index (χ3n) is 4.36. The monoisotopic (exact) mass is 350 g/mol. The van der Waals surface area contributed by atoms with E-state index in [1.165, 1.54) is 0 Å². The summed E-state index contributed by atoms with van der Waals surface area (Å²) < 4.78 is 1.99. The molecule has 0 aliphatic rings. The second kappa shape index (κ2) is 7.82. The lowest BCUT2D eigenvalue weighted by molar-refractivity contribution is -0.384. The highest BCUT2D eigenvalue weighted by atomic mass is 16.6.